The van der Waals surface area contributed by atoms with Crippen LogP contribution in [0.2, 0.25) is 0 Å². The smallest absolute Gasteiger partial charge is 0.151 e. The molecule has 2 aromatic rings. The molecule has 0 N–H and O–H groups in total. The number of hydrogen-bond donors (Lipinski definition) is 0. The van der Waals surface area contributed by atoms with Gasteiger partial charge in [0, 0.05) is 21.0 Å². The lowest BCUT2D eigenvalue weighted by molar-refractivity contribution is 0.112. The molecule has 0 aliphatic rings. The van der Waals surface area contributed by atoms with Gasteiger partial charge in [-0.3, -0.25) is 4.79 Å². The molecule has 0 aliphatic heterocycles. The molecule has 3 heteroatoms. The fraction of sp³-hybridized carbons (Fsp3) is 0.100. The van der Waals surface area contributed by atoms with Crippen LogP contribution in [-0.4, -0.2) is 6.29 Å². The van der Waals surface area contributed by atoms with Gasteiger partial charge in [-0.1, -0.05) is 12.1 Å². The van der Waals surface area contributed by atoms with E-state index in [4.69, 9.17) is 0 Å². The Labute approximate surface area is 78.8 Å². The van der Waals surface area contributed by atoms with Crippen molar-refractivity contribution >= 4 is 27.7 Å². The molecule has 13 heavy (non-hydrogen) atoms. The van der Waals surface area contributed by atoms with E-state index in [0.717, 1.165) is 16.5 Å². The topological polar surface area (TPSA) is 17.1 Å². The highest BCUT2D eigenvalue weighted by molar-refractivity contribution is 7.17. The summed E-state index contributed by atoms with van der Waals surface area (Å²) in [5.74, 6) is -0.247. The molecule has 0 bridgehead atoms. The lowest BCUT2D eigenvalue weighted by atomic mass is 10.1. The molecule has 0 amide bonds. The summed E-state index contributed by atoms with van der Waals surface area (Å²) in [4.78, 5) is 10.7. The molecular weight excluding hydrogens is 187 g/mol. The molecule has 2 rings (SSSR count). The maximum Gasteiger partial charge on any atom is 0.151 e. The van der Waals surface area contributed by atoms with Crippen LogP contribution < -0.4 is 0 Å². The van der Waals surface area contributed by atoms with E-state index in [1.54, 1.807) is 12.1 Å². The van der Waals surface area contributed by atoms with Crippen molar-refractivity contribution in [2.45, 2.75) is 6.92 Å². The molecule has 0 atom stereocenters. The standard InChI is InChI=1S/C10H7FOS/c1-6-2-3-7-9(11)5-13-10(7)8(6)4-12/h2-5H,1H3. The van der Waals surface area contributed by atoms with Crippen molar-refractivity contribution in [1.82, 2.24) is 0 Å². The maximum absolute atomic E-state index is 13.1. The summed E-state index contributed by atoms with van der Waals surface area (Å²) >= 11 is 1.27. The Morgan fingerprint density at radius 3 is 2.92 bits per heavy atom. The molecule has 0 aliphatic carbocycles. The number of hydrogen-bond acceptors (Lipinski definition) is 2. The summed E-state index contributed by atoms with van der Waals surface area (Å²) in [5, 5.41) is 1.97. The highest BCUT2D eigenvalue weighted by Gasteiger charge is 2.08. The van der Waals surface area contributed by atoms with Crippen LogP contribution in [0.4, 0.5) is 4.39 Å². The molecule has 0 saturated carbocycles. The van der Waals surface area contributed by atoms with Gasteiger partial charge in [0.15, 0.2) is 6.29 Å². The SMILES string of the molecule is Cc1ccc2c(F)csc2c1C=O. The number of aldehydes is 1. The van der Waals surface area contributed by atoms with E-state index in [-0.39, 0.29) is 5.82 Å². The maximum atomic E-state index is 13.1. The van der Waals surface area contributed by atoms with Crippen molar-refractivity contribution < 1.29 is 9.18 Å². The Hall–Kier alpha value is -1.22. The number of aryl methyl sites for hydroxylation is 1. The monoisotopic (exact) mass is 194 g/mol. The Bertz CT molecular complexity index is 473. The normalized spacial score (nSPS) is 10.6. The molecule has 1 heterocycles. The third-order valence-corrected chi connectivity index (χ3v) is 3.07. The quantitative estimate of drug-likeness (QED) is 0.637. The predicted octanol–water partition coefficient (Wildman–Crippen LogP) is 3.16. The van der Waals surface area contributed by atoms with Gasteiger partial charge < -0.3 is 0 Å². The zero-order valence-electron chi connectivity index (χ0n) is 7.00. The van der Waals surface area contributed by atoms with Crippen molar-refractivity contribution in [3.05, 3.63) is 34.5 Å². The van der Waals surface area contributed by atoms with Gasteiger partial charge in [0.1, 0.15) is 5.82 Å². The number of halogens is 1. The third-order valence-electron chi connectivity index (χ3n) is 2.07. The number of fused-ring (bicyclic) bond motifs is 1. The molecule has 0 spiro atoms. The van der Waals surface area contributed by atoms with Crippen molar-refractivity contribution in [2.75, 3.05) is 0 Å². The van der Waals surface area contributed by atoms with E-state index in [2.05, 4.69) is 0 Å². The molecule has 0 unspecified atom stereocenters. The van der Waals surface area contributed by atoms with Gasteiger partial charge in [0.05, 0.1) is 0 Å². The number of benzene rings is 1. The molecule has 0 saturated heterocycles. The van der Waals surface area contributed by atoms with Crippen LogP contribution >= 0.6 is 11.3 Å². The molecule has 1 nitrogen and oxygen atoms in total. The summed E-state index contributed by atoms with van der Waals surface area (Å²) in [6.45, 7) is 1.85. The van der Waals surface area contributed by atoms with Crippen molar-refractivity contribution in [1.29, 1.82) is 0 Å². The summed E-state index contributed by atoms with van der Waals surface area (Å²) in [5.41, 5.74) is 1.50. The molecule has 1 aromatic carbocycles. The first-order valence-electron chi connectivity index (χ1n) is 3.85. The Morgan fingerprint density at radius 2 is 2.23 bits per heavy atom. The van der Waals surface area contributed by atoms with Crippen LogP contribution in [-0.2, 0) is 0 Å². The fourth-order valence-electron chi connectivity index (χ4n) is 1.33. The van der Waals surface area contributed by atoms with Crippen LogP contribution in [0.3, 0.4) is 0 Å². The second-order valence-corrected chi connectivity index (χ2v) is 3.75. The van der Waals surface area contributed by atoms with Gasteiger partial charge in [0.2, 0.25) is 0 Å². The predicted molar refractivity (Wildman–Crippen MR) is 51.9 cm³/mol. The van der Waals surface area contributed by atoms with E-state index in [1.807, 2.05) is 6.92 Å². The van der Waals surface area contributed by atoms with Gasteiger partial charge in [-0.15, -0.1) is 11.3 Å². The fourth-order valence-corrected chi connectivity index (χ4v) is 2.31. The average molecular weight is 194 g/mol. The summed E-state index contributed by atoms with van der Waals surface area (Å²) in [6.07, 6.45) is 0.785. The van der Waals surface area contributed by atoms with E-state index < -0.39 is 0 Å². The first-order valence-corrected chi connectivity index (χ1v) is 4.73. The van der Waals surface area contributed by atoms with Crippen LogP contribution in [0, 0.1) is 12.7 Å². The lowest BCUT2D eigenvalue weighted by Crippen LogP contribution is -1.85. The number of rotatable bonds is 1. The highest BCUT2D eigenvalue weighted by Crippen LogP contribution is 2.28. The summed E-state index contributed by atoms with van der Waals surface area (Å²) in [6, 6.07) is 3.48. The Kier molecular flexibility index (Phi) is 1.88. The molecule has 1 aromatic heterocycles. The minimum Gasteiger partial charge on any atom is -0.298 e. The molecular formula is C10H7FOS. The summed E-state index contributed by atoms with van der Waals surface area (Å²) in [7, 11) is 0. The Morgan fingerprint density at radius 1 is 1.46 bits per heavy atom. The van der Waals surface area contributed by atoms with E-state index in [0.29, 0.717) is 10.9 Å². The van der Waals surface area contributed by atoms with Gasteiger partial charge in [-0.2, -0.15) is 0 Å². The van der Waals surface area contributed by atoms with Gasteiger partial charge in [-0.25, -0.2) is 4.39 Å². The number of carbonyl (C=O) groups is 1. The summed E-state index contributed by atoms with van der Waals surface area (Å²) < 4.78 is 13.8. The second kappa shape index (κ2) is 2.92. The van der Waals surface area contributed by atoms with Crippen molar-refractivity contribution in [2.24, 2.45) is 0 Å². The minimum absolute atomic E-state index is 0.247. The minimum atomic E-state index is -0.247. The zero-order chi connectivity index (χ0) is 9.42. The Balaban J connectivity index is 2.92. The third kappa shape index (κ3) is 1.16. The van der Waals surface area contributed by atoms with Crippen molar-refractivity contribution in [3.63, 3.8) is 0 Å². The van der Waals surface area contributed by atoms with E-state index in [1.165, 1.54) is 16.7 Å². The van der Waals surface area contributed by atoms with Gasteiger partial charge in [-0.05, 0) is 12.5 Å². The average Bonchev–Trinajstić information content (AvgIpc) is 2.48. The lowest BCUT2D eigenvalue weighted by Gasteiger charge is -1.98. The largest absolute Gasteiger partial charge is 0.298 e. The number of carbonyl (C=O) groups excluding carboxylic acids is 1. The zero-order valence-corrected chi connectivity index (χ0v) is 7.82. The van der Waals surface area contributed by atoms with Gasteiger partial charge in [0.25, 0.3) is 0 Å². The first kappa shape index (κ1) is 8.38. The molecule has 66 valence electrons. The van der Waals surface area contributed by atoms with Crippen LogP contribution in [0.15, 0.2) is 17.5 Å². The van der Waals surface area contributed by atoms with Crippen LogP contribution in [0.25, 0.3) is 10.1 Å². The second-order valence-electron chi connectivity index (χ2n) is 2.87. The van der Waals surface area contributed by atoms with Gasteiger partial charge >= 0.3 is 0 Å². The van der Waals surface area contributed by atoms with Crippen molar-refractivity contribution in [3.8, 4) is 0 Å². The molecule has 0 fully saturated rings. The first-order chi connectivity index (χ1) is 6.24. The number of thiophene rings is 1. The molecule has 0 radical (unpaired) electrons. The van der Waals surface area contributed by atoms with Crippen LogP contribution in [0.5, 0.6) is 0 Å². The van der Waals surface area contributed by atoms with E-state index >= 15 is 0 Å². The van der Waals surface area contributed by atoms with Crippen LogP contribution in [0.1, 0.15) is 15.9 Å². The highest BCUT2D eigenvalue weighted by atomic mass is 32.1. The van der Waals surface area contributed by atoms with E-state index in [9.17, 15) is 9.18 Å².